The second-order valence-electron chi connectivity index (χ2n) is 6.35. The van der Waals surface area contributed by atoms with Gasteiger partial charge in [0.15, 0.2) is 0 Å². The second-order valence-corrected chi connectivity index (χ2v) is 6.79. The van der Waals surface area contributed by atoms with Gasteiger partial charge in [-0.15, -0.1) is 5.10 Å². The molecule has 0 radical (unpaired) electrons. The molecule has 1 aromatic heterocycles. The van der Waals surface area contributed by atoms with Crippen LogP contribution in [0.5, 0.6) is 5.88 Å². The first-order valence-electron chi connectivity index (χ1n) is 8.42. The van der Waals surface area contributed by atoms with Crippen molar-refractivity contribution in [2.75, 3.05) is 0 Å². The Morgan fingerprint density at radius 2 is 1.84 bits per heavy atom. The molecule has 1 aliphatic carbocycles. The van der Waals surface area contributed by atoms with Crippen molar-refractivity contribution in [1.82, 2.24) is 9.78 Å². The summed E-state index contributed by atoms with van der Waals surface area (Å²) < 4.78 is 35.3. The third kappa shape index (κ3) is 3.21. The van der Waals surface area contributed by atoms with E-state index in [2.05, 4.69) is 5.10 Å². The first-order valence-corrected chi connectivity index (χ1v) is 8.80. The summed E-state index contributed by atoms with van der Waals surface area (Å²) >= 11 is 6.12. The zero-order valence-corrected chi connectivity index (χ0v) is 14.3. The van der Waals surface area contributed by atoms with E-state index in [9.17, 15) is 8.78 Å². The molecule has 0 amide bonds. The molecular formula is C19H17ClF2N2O. The van der Waals surface area contributed by atoms with E-state index in [1.807, 2.05) is 0 Å². The van der Waals surface area contributed by atoms with E-state index in [4.69, 9.17) is 16.3 Å². The van der Waals surface area contributed by atoms with Crippen LogP contribution in [-0.4, -0.2) is 15.9 Å². The van der Waals surface area contributed by atoms with Gasteiger partial charge in [0.25, 0.3) is 0 Å². The van der Waals surface area contributed by atoms with Gasteiger partial charge in [0.05, 0.1) is 10.9 Å². The van der Waals surface area contributed by atoms with E-state index in [0.29, 0.717) is 21.8 Å². The Kier molecular flexibility index (Phi) is 4.34. The molecule has 6 heteroatoms. The quantitative estimate of drug-likeness (QED) is 0.600. The summed E-state index contributed by atoms with van der Waals surface area (Å²) in [6.07, 6.45) is 5.52. The van der Waals surface area contributed by atoms with Crippen molar-refractivity contribution in [3.05, 3.63) is 53.1 Å². The smallest absolute Gasteiger partial charge is 0.241 e. The summed E-state index contributed by atoms with van der Waals surface area (Å²) in [6.45, 7) is 0. The average Bonchev–Trinajstić information content (AvgIpc) is 2.95. The maximum Gasteiger partial charge on any atom is 0.241 e. The molecule has 3 aromatic rings. The number of halogens is 3. The van der Waals surface area contributed by atoms with Crippen molar-refractivity contribution in [3.63, 3.8) is 0 Å². The highest BCUT2D eigenvalue weighted by atomic mass is 35.5. The van der Waals surface area contributed by atoms with Crippen molar-refractivity contribution < 1.29 is 13.5 Å². The molecule has 3 nitrogen and oxygen atoms in total. The molecule has 130 valence electrons. The highest BCUT2D eigenvalue weighted by Crippen LogP contribution is 2.33. The summed E-state index contributed by atoms with van der Waals surface area (Å²) in [6, 6.07) is 8.49. The largest absolute Gasteiger partial charge is 0.473 e. The summed E-state index contributed by atoms with van der Waals surface area (Å²) in [4.78, 5) is 0. The van der Waals surface area contributed by atoms with Gasteiger partial charge in [-0.25, -0.2) is 13.5 Å². The first-order chi connectivity index (χ1) is 12.1. The van der Waals surface area contributed by atoms with Crippen LogP contribution in [-0.2, 0) is 0 Å². The van der Waals surface area contributed by atoms with E-state index in [1.54, 1.807) is 18.2 Å². The molecular weight excluding hydrogens is 346 g/mol. The van der Waals surface area contributed by atoms with Gasteiger partial charge in [-0.1, -0.05) is 18.0 Å². The number of benzene rings is 2. The highest BCUT2D eigenvalue weighted by Gasteiger charge is 2.21. The standard InChI is InChI=1S/C19H17ClF2N2O/c20-12-6-9-17-15(10-12)19(25-14-4-2-1-3-5-14)23-24(17)18-11-13(21)7-8-16(18)22/h6-11,14H,1-5H2. The maximum absolute atomic E-state index is 14.2. The van der Waals surface area contributed by atoms with Crippen LogP contribution in [0, 0.1) is 11.6 Å². The molecule has 0 unspecified atom stereocenters. The molecule has 0 spiro atoms. The van der Waals surface area contributed by atoms with Gasteiger partial charge in [0.2, 0.25) is 5.88 Å². The zero-order chi connectivity index (χ0) is 17.4. The van der Waals surface area contributed by atoms with Gasteiger partial charge in [-0.2, -0.15) is 0 Å². The van der Waals surface area contributed by atoms with Crippen molar-refractivity contribution in [1.29, 1.82) is 0 Å². The first kappa shape index (κ1) is 16.3. The Morgan fingerprint density at radius 1 is 1.04 bits per heavy atom. The van der Waals surface area contributed by atoms with Crippen LogP contribution in [0.4, 0.5) is 8.78 Å². The van der Waals surface area contributed by atoms with Crippen LogP contribution in [0.1, 0.15) is 32.1 Å². The number of fused-ring (bicyclic) bond motifs is 1. The lowest BCUT2D eigenvalue weighted by Gasteiger charge is -2.21. The van der Waals surface area contributed by atoms with Crippen LogP contribution in [0.2, 0.25) is 5.02 Å². The van der Waals surface area contributed by atoms with Gasteiger partial charge >= 0.3 is 0 Å². The van der Waals surface area contributed by atoms with E-state index in [-0.39, 0.29) is 11.8 Å². The van der Waals surface area contributed by atoms with Crippen molar-refractivity contribution in [2.24, 2.45) is 0 Å². The fourth-order valence-corrected chi connectivity index (χ4v) is 3.49. The summed E-state index contributed by atoms with van der Waals surface area (Å²) in [7, 11) is 0. The molecule has 0 aliphatic heterocycles. The SMILES string of the molecule is Fc1ccc(F)c(-n2nc(OC3CCCCC3)c3cc(Cl)ccc32)c1. The molecule has 0 saturated heterocycles. The molecule has 25 heavy (non-hydrogen) atoms. The lowest BCUT2D eigenvalue weighted by Crippen LogP contribution is -2.20. The van der Waals surface area contributed by atoms with E-state index in [0.717, 1.165) is 43.9 Å². The number of hydrogen-bond donors (Lipinski definition) is 0. The minimum atomic E-state index is -0.551. The van der Waals surface area contributed by atoms with Gasteiger partial charge in [-0.3, -0.25) is 0 Å². The van der Waals surface area contributed by atoms with E-state index >= 15 is 0 Å². The zero-order valence-electron chi connectivity index (χ0n) is 13.5. The van der Waals surface area contributed by atoms with Gasteiger partial charge in [0, 0.05) is 11.1 Å². The van der Waals surface area contributed by atoms with Crippen LogP contribution in [0.15, 0.2) is 36.4 Å². The fourth-order valence-electron chi connectivity index (χ4n) is 3.32. The van der Waals surface area contributed by atoms with Crippen LogP contribution < -0.4 is 4.74 Å². The third-order valence-corrected chi connectivity index (χ3v) is 4.81. The molecule has 0 atom stereocenters. The predicted octanol–water partition coefficient (Wildman–Crippen LogP) is 5.67. The van der Waals surface area contributed by atoms with E-state index in [1.165, 1.54) is 11.1 Å². The van der Waals surface area contributed by atoms with Crippen LogP contribution in [0.3, 0.4) is 0 Å². The molecule has 1 saturated carbocycles. The molecule has 0 bridgehead atoms. The lowest BCUT2D eigenvalue weighted by molar-refractivity contribution is 0.150. The molecule has 0 N–H and O–H groups in total. The van der Waals surface area contributed by atoms with Gasteiger partial charge in [-0.05, 0) is 56.0 Å². The predicted molar refractivity (Wildman–Crippen MR) is 93.5 cm³/mol. The topological polar surface area (TPSA) is 27.1 Å². The number of ether oxygens (including phenoxy) is 1. The van der Waals surface area contributed by atoms with Crippen LogP contribution >= 0.6 is 11.6 Å². The minimum absolute atomic E-state index is 0.0471. The molecule has 1 fully saturated rings. The molecule has 1 heterocycles. The number of nitrogens with zero attached hydrogens (tertiary/aromatic N) is 2. The number of aromatic nitrogens is 2. The van der Waals surface area contributed by atoms with E-state index < -0.39 is 11.6 Å². The van der Waals surface area contributed by atoms with Crippen molar-refractivity contribution in [2.45, 2.75) is 38.2 Å². The molecule has 4 rings (SSSR count). The fraction of sp³-hybridized carbons (Fsp3) is 0.316. The lowest BCUT2D eigenvalue weighted by atomic mass is 9.98. The number of rotatable bonds is 3. The van der Waals surface area contributed by atoms with Crippen molar-refractivity contribution >= 4 is 22.5 Å². The third-order valence-electron chi connectivity index (χ3n) is 4.57. The monoisotopic (exact) mass is 362 g/mol. The Labute approximate surface area is 149 Å². The molecule has 2 aromatic carbocycles. The minimum Gasteiger partial charge on any atom is -0.473 e. The Bertz CT molecular complexity index is 919. The highest BCUT2D eigenvalue weighted by molar-refractivity contribution is 6.31. The Hall–Kier alpha value is -2.14. The Morgan fingerprint density at radius 3 is 2.64 bits per heavy atom. The average molecular weight is 363 g/mol. The normalized spacial score (nSPS) is 15.6. The Balaban J connectivity index is 1.83. The molecule has 1 aliphatic rings. The number of hydrogen-bond acceptors (Lipinski definition) is 2. The van der Waals surface area contributed by atoms with Gasteiger partial charge in [0.1, 0.15) is 23.4 Å². The van der Waals surface area contributed by atoms with Crippen LogP contribution in [0.25, 0.3) is 16.6 Å². The van der Waals surface area contributed by atoms with Gasteiger partial charge < -0.3 is 4.74 Å². The maximum atomic E-state index is 14.2. The summed E-state index contributed by atoms with van der Waals surface area (Å²) in [5, 5.41) is 5.66. The van der Waals surface area contributed by atoms with Crippen molar-refractivity contribution in [3.8, 4) is 11.6 Å². The summed E-state index contributed by atoms with van der Waals surface area (Å²) in [5.74, 6) is -0.665. The second kappa shape index (κ2) is 6.64. The summed E-state index contributed by atoms with van der Waals surface area (Å²) in [5.41, 5.74) is 0.672.